The Morgan fingerprint density at radius 3 is 2.71 bits per heavy atom. The van der Waals surface area contributed by atoms with Gasteiger partial charge in [0.25, 0.3) is 0 Å². The zero-order chi connectivity index (χ0) is 15.9. The molecule has 0 aromatic carbocycles. The lowest BCUT2D eigenvalue weighted by atomic mass is 10.3. The molecule has 0 aliphatic rings. The van der Waals surface area contributed by atoms with Crippen LogP contribution in [0.2, 0.25) is 0 Å². The van der Waals surface area contributed by atoms with Crippen LogP contribution in [0.4, 0.5) is 0 Å². The van der Waals surface area contributed by atoms with Gasteiger partial charge in [-0.2, -0.15) is 16.9 Å². The van der Waals surface area contributed by atoms with Crippen LogP contribution in [-0.4, -0.2) is 48.8 Å². The van der Waals surface area contributed by atoms with Crippen molar-refractivity contribution >= 4 is 21.8 Å². The molecule has 8 heteroatoms. The predicted octanol–water partition coefficient (Wildman–Crippen LogP) is 1.30. The summed E-state index contributed by atoms with van der Waals surface area (Å²) in [4.78, 5) is 0.228. The lowest BCUT2D eigenvalue weighted by molar-refractivity contribution is 0.514. The summed E-state index contributed by atoms with van der Waals surface area (Å²) in [5, 5.41) is 7.38. The largest absolute Gasteiger partial charge is 0.313 e. The van der Waals surface area contributed by atoms with Crippen LogP contribution < -0.4 is 10.0 Å². The Morgan fingerprint density at radius 2 is 2.14 bits per heavy atom. The molecular weight excluding hydrogens is 308 g/mol. The first kappa shape index (κ1) is 18.5. The summed E-state index contributed by atoms with van der Waals surface area (Å²) in [6.45, 7) is 7.52. The summed E-state index contributed by atoms with van der Waals surface area (Å²) in [5.74, 6) is 0.766. The molecule has 0 amide bonds. The highest BCUT2D eigenvalue weighted by molar-refractivity contribution is 7.98. The maximum Gasteiger partial charge on any atom is 0.243 e. The minimum absolute atomic E-state index is 0.0454. The molecule has 0 aliphatic carbocycles. The molecule has 1 aromatic heterocycles. The van der Waals surface area contributed by atoms with Gasteiger partial charge >= 0.3 is 0 Å². The van der Waals surface area contributed by atoms with E-state index in [0.717, 1.165) is 18.7 Å². The summed E-state index contributed by atoms with van der Waals surface area (Å²) in [6.07, 6.45) is 5.73. The maximum atomic E-state index is 12.3. The molecule has 6 nitrogen and oxygen atoms in total. The van der Waals surface area contributed by atoms with Crippen molar-refractivity contribution in [3.63, 3.8) is 0 Å². The van der Waals surface area contributed by atoms with Gasteiger partial charge in [-0.3, -0.25) is 4.68 Å². The van der Waals surface area contributed by atoms with E-state index >= 15 is 0 Å². The van der Waals surface area contributed by atoms with Crippen molar-refractivity contribution in [3.05, 3.63) is 12.4 Å². The lowest BCUT2D eigenvalue weighted by Gasteiger charge is -2.14. The first-order chi connectivity index (χ1) is 9.89. The molecule has 0 fully saturated rings. The van der Waals surface area contributed by atoms with Gasteiger partial charge in [0.1, 0.15) is 4.90 Å². The fourth-order valence-corrected chi connectivity index (χ4v) is 3.90. The standard InChI is InChI=1S/C13H26N4O2S2/c1-5-12(10-20-4)16-21(18,19)13-8-15-17(9-13)7-6-14-11(2)3/h8-9,11-12,14,16H,5-7,10H2,1-4H3. The highest BCUT2D eigenvalue weighted by Gasteiger charge is 2.20. The van der Waals surface area contributed by atoms with Gasteiger partial charge in [-0.1, -0.05) is 20.8 Å². The summed E-state index contributed by atoms with van der Waals surface area (Å²) in [7, 11) is -3.48. The van der Waals surface area contributed by atoms with E-state index in [9.17, 15) is 8.42 Å². The summed E-state index contributed by atoms with van der Waals surface area (Å²) in [6, 6.07) is 0.359. The smallest absolute Gasteiger partial charge is 0.243 e. The fraction of sp³-hybridized carbons (Fsp3) is 0.769. The second-order valence-electron chi connectivity index (χ2n) is 5.23. The van der Waals surface area contributed by atoms with E-state index < -0.39 is 10.0 Å². The van der Waals surface area contributed by atoms with Gasteiger partial charge in [-0.25, -0.2) is 13.1 Å². The number of nitrogens with zero attached hydrogens (tertiary/aromatic N) is 2. The van der Waals surface area contributed by atoms with E-state index in [0.29, 0.717) is 12.6 Å². The molecule has 1 atom stereocenters. The second kappa shape index (κ2) is 8.77. The Balaban J connectivity index is 2.65. The number of aromatic nitrogens is 2. The number of sulfonamides is 1. The van der Waals surface area contributed by atoms with Crippen molar-refractivity contribution in [1.82, 2.24) is 19.8 Å². The number of rotatable bonds is 10. The number of hydrogen-bond donors (Lipinski definition) is 2. The van der Waals surface area contributed by atoms with Crippen molar-refractivity contribution in [2.24, 2.45) is 0 Å². The molecule has 1 rings (SSSR count). The molecular formula is C13H26N4O2S2. The van der Waals surface area contributed by atoms with E-state index in [-0.39, 0.29) is 10.9 Å². The van der Waals surface area contributed by atoms with E-state index in [1.807, 2.05) is 13.2 Å². The monoisotopic (exact) mass is 334 g/mol. The van der Waals surface area contributed by atoms with Crippen molar-refractivity contribution in [2.75, 3.05) is 18.6 Å². The Kier molecular flexibility index (Phi) is 7.72. The first-order valence-corrected chi connectivity index (χ1v) is 10.0. The van der Waals surface area contributed by atoms with Gasteiger partial charge in [-0.05, 0) is 12.7 Å². The van der Waals surface area contributed by atoms with Crippen molar-refractivity contribution in [3.8, 4) is 0 Å². The molecule has 0 bridgehead atoms. The zero-order valence-electron chi connectivity index (χ0n) is 13.2. The van der Waals surface area contributed by atoms with Gasteiger partial charge in [0.15, 0.2) is 0 Å². The topological polar surface area (TPSA) is 76.0 Å². The van der Waals surface area contributed by atoms with Crippen LogP contribution in [0, 0.1) is 0 Å². The molecule has 2 N–H and O–H groups in total. The van der Waals surface area contributed by atoms with E-state index in [1.54, 1.807) is 22.6 Å². The molecule has 0 aliphatic heterocycles. The third-order valence-corrected chi connectivity index (χ3v) is 5.21. The molecule has 1 unspecified atom stereocenters. The Bertz CT molecular complexity index is 514. The van der Waals surface area contributed by atoms with Gasteiger partial charge in [-0.15, -0.1) is 0 Å². The quantitative estimate of drug-likeness (QED) is 0.674. The number of thioether (sulfide) groups is 1. The SMILES string of the molecule is CCC(CSC)NS(=O)(=O)c1cnn(CCNC(C)C)c1. The molecule has 0 saturated heterocycles. The van der Waals surface area contributed by atoms with Gasteiger partial charge in [0.05, 0.1) is 12.7 Å². The predicted molar refractivity (Wildman–Crippen MR) is 88.1 cm³/mol. The fourth-order valence-electron chi connectivity index (χ4n) is 1.80. The summed E-state index contributed by atoms with van der Waals surface area (Å²) in [5.41, 5.74) is 0. The first-order valence-electron chi connectivity index (χ1n) is 7.16. The Morgan fingerprint density at radius 1 is 1.43 bits per heavy atom. The molecule has 122 valence electrons. The van der Waals surface area contributed by atoms with Gasteiger partial charge in [0.2, 0.25) is 10.0 Å². The lowest BCUT2D eigenvalue weighted by Crippen LogP contribution is -2.36. The second-order valence-corrected chi connectivity index (χ2v) is 7.85. The van der Waals surface area contributed by atoms with E-state index in [4.69, 9.17) is 0 Å². The van der Waals surface area contributed by atoms with Crippen LogP contribution in [-0.2, 0) is 16.6 Å². The van der Waals surface area contributed by atoms with Gasteiger partial charge in [0, 0.05) is 30.6 Å². The van der Waals surface area contributed by atoms with Crippen LogP contribution in [0.15, 0.2) is 17.3 Å². The zero-order valence-corrected chi connectivity index (χ0v) is 14.8. The third kappa shape index (κ3) is 6.37. The van der Waals surface area contributed by atoms with Crippen molar-refractivity contribution < 1.29 is 8.42 Å². The van der Waals surface area contributed by atoms with E-state index in [2.05, 4.69) is 29.0 Å². The molecule has 0 spiro atoms. The minimum Gasteiger partial charge on any atom is -0.313 e. The molecule has 0 saturated carbocycles. The Hall–Kier alpha value is -0.570. The minimum atomic E-state index is -3.48. The molecule has 21 heavy (non-hydrogen) atoms. The average molecular weight is 335 g/mol. The molecule has 0 radical (unpaired) electrons. The molecule has 1 heterocycles. The van der Waals surface area contributed by atoms with Crippen LogP contribution >= 0.6 is 11.8 Å². The Labute approximate surface area is 132 Å². The maximum absolute atomic E-state index is 12.3. The number of hydrogen-bond acceptors (Lipinski definition) is 5. The third-order valence-electron chi connectivity index (χ3n) is 3.00. The summed E-state index contributed by atoms with van der Waals surface area (Å²) < 4.78 is 28.9. The van der Waals surface area contributed by atoms with Crippen LogP contribution in [0.25, 0.3) is 0 Å². The van der Waals surface area contributed by atoms with Gasteiger partial charge < -0.3 is 5.32 Å². The highest BCUT2D eigenvalue weighted by atomic mass is 32.2. The highest BCUT2D eigenvalue weighted by Crippen LogP contribution is 2.10. The molecule has 1 aromatic rings. The summed E-state index contributed by atoms with van der Waals surface area (Å²) >= 11 is 1.63. The normalized spacial score (nSPS) is 13.8. The number of nitrogens with one attached hydrogen (secondary N) is 2. The van der Waals surface area contributed by atoms with Crippen molar-refractivity contribution in [1.29, 1.82) is 0 Å². The average Bonchev–Trinajstić information content (AvgIpc) is 2.87. The van der Waals surface area contributed by atoms with Crippen LogP contribution in [0.1, 0.15) is 27.2 Å². The van der Waals surface area contributed by atoms with Crippen LogP contribution in [0.5, 0.6) is 0 Å². The van der Waals surface area contributed by atoms with E-state index in [1.165, 1.54) is 6.20 Å². The van der Waals surface area contributed by atoms with Crippen LogP contribution in [0.3, 0.4) is 0 Å². The van der Waals surface area contributed by atoms with Crippen molar-refractivity contribution in [2.45, 2.75) is 50.7 Å².